The van der Waals surface area contributed by atoms with Crippen LogP contribution in [0.3, 0.4) is 0 Å². The monoisotopic (exact) mass is 188 g/mol. The van der Waals surface area contributed by atoms with Crippen molar-refractivity contribution in [3.8, 4) is 0 Å². The number of furan rings is 1. The Hall–Kier alpha value is -0.960. The molecule has 0 saturated carbocycles. The average molecular weight is 189 g/mol. The Morgan fingerprint density at radius 3 is 2.33 bits per heavy atom. The molecule has 1 aromatic rings. The standard InChI is InChI=1S/C8H9ClO3/c1-4-6(8(10)11-3)7(9)5(2)12-4/h1-3H3. The van der Waals surface area contributed by atoms with Gasteiger partial charge in [0.15, 0.2) is 0 Å². The van der Waals surface area contributed by atoms with Crippen molar-refractivity contribution in [1.82, 2.24) is 0 Å². The first-order chi connectivity index (χ1) is 5.57. The van der Waals surface area contributed by atoms with E-state index >= 15 is 0 Å². The normalized spacial score (nSPS) is 10.0. The van der Waals surface area contributed by atoms with Crippen LogP contribution >= 0.6 is 11.6 Å². The Balaban J connectivity index is 3.22. The molecule has 0 N–H and O–H groups in total. The summed E-state index contributed by atoms with van der Waals surface area (Å²) < 4.78 is 9.66. The van der Waals surface area contributed by atoms with Gasteiger partial charge in [-0.05, 0) is 13.8 Å². The van der Waals surface area contributed by atoms with Gasteiger partial charge in [0, 0.05) is 0 Å². The quantitative estimate of drug-likeness (QED) is 0.635. The van der Waals surface area contributed by atoms with Crippen LogP contribution in [0.1, 0.15) is 21.9 Å². The van der Waals surface area contributed by atoms with E-state index in [0.29, 0.717) is 22.1 Å². The molecule has 0 spiro atoms. The van der Waals surface area contributed by atoms with E-state index in [1.165, 1.54) is 7.11 Å². The second-order valence-corrected chi connectivity index (χ2v) is 2.77. The van der Waals surface area contributed by atoms with E-state index in [4.69, 9.17) is 16.0 Å². The van der Waals surface area contributed by atoms with Crippen molar-refractivity contribution < 1.29 is 13.9 Å². The highest BCUT2D eigenvalue weighted by molar-refractivity contribution is 6.34. The van der Waals surface area contributed by atoms with E-state index in [2.05, 4.69) is 4.74 Å². The summed E-state index contributed by atoms with van der Waals surface area (Å²) in [6.07, 6.45) is 0. The van der Waals surface area contributed by atoms with E-state index in [9.17, 15) is 4.79 Å². The van der Waals surface area contributed by atoms with Crippen LogP contribution in [-0.2, 0) is 4.74 Å². The molecule has 0 aromatic carbocycles. The molecule has 1 heterocycles. The van der Waals surface area contributed by atoms with E-state index in [-0.39, 0.29) is 0 Å². The van der Waals surface area contributed by atoms with Crippen molar-refractivity contribution in [2.24, 2.45) is 0 Å². The first-order valence-electron chi connectivity index (χ1n) is 3.41. The molecule has 4 heteroatoms. The van der Waals surface area contributed by atoms with Crippen LogP contribution in [0.5, 0.6) is 0 Å². The Morgan fingerprint density at radius 2 is 2.00 bits per heavy atom. The van der Waals surface area contributed by atoms with Gasteiger partial charge in [-0.15, -0.1) is 0 Å². The minimum absolute atomic E-state index is 0.316. The summed E-state index contributed by atoms with van der Waals surface area (Å²) in [5.41, 5.74) is 0.316. The third-order valence-electron chi connectivity index (χ3n) is 1.58. The molecule has 12 heavy (non-hydrogen) atoms. The summed E-state index contributed by atoms with van der Waals surface area (Å²) in [6.45, 7) is 3.37. The third kappa shape index (κ3) is 1.32. The first-order valence-corrected chi connectivity index (χ1v) is 3.79. The van der Waals surface area contributed by atoms with Gasteiger partial charge in [-0.25, -0.2) is 4.79 Å². The molecule has 0 bridgehead atoms. The molecule has 0 unspecified atom stereocenters. The lowest BCUT2D eigenvalue weighted by Crippen LogP contribution is -2.01. The Kier molecular flexibility index (Phi) is 2.43. The second-order valence-electron chi connectivity index (χ2n) is 2.39. The van der Waals surface area contributed by atoms with Crippen LogP contribution in [0.15, 0.2) is 4.42 Å². The molecule has 1 rings (SSSR count). The summed E-state index contributed by atoms with van der Waals surface area (Å²) >= 11 is 5.79. The minimum Gasteiger partial charge on any atom is -0.465 e. The third-order valence-corrected chi connectivity index (χ3v) is 2.03. The molecule has 0 aliphatic heterocycles. The fourth-order valence-electron chi connectivity index (χ4n) is 0.991. The summed E-state index contributed by atoms with van der Waals surface area (Å²) in [5.74, 6) is 0.563. The maximum atomic E-state index is 11.1. The van der Waals surface area contributed by atoms with Crippen molar-refractivity contribution in [2.75, 3.05) is 7.11 Å². The Morgan fingerprint density at radius 1 is 1.42 bits per heavy atom. The Bertz CT molecular complexity index is 314. The fraction of sp³-hybridized carbons (Fsp3) is 0.375. The molecule has 0 radical (unpaired) electrons. The molecule has 0 saturated heterocycles. The molecule has 0 fully saturated rings. The van der Waals surface area contributed by atoms with Gasteiger partial charge in [-0.2, -0.15) is 0 Å². The molecule has 0 aliphatic rings. The van der Waals surface area contributed by atoms with Crippen molar-refractivity contribution in [3.63, 3.8) is 0 Å². The maximum absolute atomic E-state index is 11.1. The predicted molar refractivity (Wildman–Crippen MR) is 44.5 cm³/mol. The molecule has 0 aliphatic carbocycles. The highest BCUT2D eigenvalue weighted by atomic mass is 35.5. The zero-order valence-electron chi connectivity index (χ0n) is 7.10. The lowest BCUT2D eigenvalue weighted by Gasteiger charge is -1.95. The van der Waals surface area contributed by atoms with Crippen LogP contribution in [0, 0.1) is 13.8 Å². The summed E-state index contributed by atoms with van der Waals surface area (Å²) in [4.78, 5) is 11.1. The number of methoxy groups -OCH3 is 1. The van der Waals surface area contributed by atoms with Gasteiger partial charge >= 0.3 is 5.97 Å². The largest absolute Gasteiger partial charge is 0.465 e. The minimum atomic E-state index is -0.464. The Labute approximate surface area is 75.3 Å². The summed E-state index contributed by atoms with van der Waals surface area (Å²) in [7, 11) is 1.31. The van der Waals surface area contributed by atoms with Gasteiger partial charge in [0.2, 0.25) is 0 Å². The van der Waals surface area contributed by atoms with E-state index in [1.807, 2.05) is 0 Å². The number of carbonyl (C=O) groups is 1. The fourth-order valence-corrected chi connectivity index (χ4v) is 1.24. The van der Waals surface area contributed by atoms with Crippen LogP contribution in [0.2, 0.25) is 5.02 Å². The van der Waals surface area contributed by atoms with Crippen LogP contribution < -0.4 is 0 Å². The molecular weight excluding hydrogens is 180 g/mol. The van der Waals surface area contributed by atoms with Gasteiger partial charge in [-0.3, -0.25) is 0 Å². The number of hydrogen-bond acceptors (Lipinski definition) is 3. The zero-order chi connectivity index (χ0) is 9.30. The van der Waals surface area contributed by atoms with E-state index in [1.54, 1.807) is 13.8 Å². The lowest BCUT2D eigenvalue weighted by molar-refractivity contribution is 0.0599. The van der Waals surface area contributed by atoms with Crippen molar-refractivity contribution >= 4 is 17.6 Å². The van der Waals surface area contributed by atoms with Gasteiger partial charge in [0.1, 0.15) is 17.1 Å². The topological polar surface area (TPSA) is 39.4 Å². The first kappa shape index (κ1) is 9.13. The van der Waals surface area contributed by atoms with E-state index < -0.39 is 5.97 Å². The number of hydrogen-bond donors (Lipinski definition) is 0. The van der Waals surface area contributed by atoms with Crippen molar-refractivity contribution in [2.45, 2.75) is 13.8 Å². The van der Waals surface area contributed by atoms with Crippen molar-refractivity contribution in [1.29, 1.82) is 0 Å². The van der Waals surface area contributed by atoms with Gasteiger partial charge in [0.25, 0.3) is 0 Å². The second kappa shape index (κ2) is 3.19. The highest BCUT2D eigenvalue weighted by Crippen LogP contribution is 2.26. The molecule has 1 aromatic heterocycles. The van der Waals surface area contributed by atoms with Crippen LogP contribution in [0.4, 0.5) is 0 Å². The van der Waals surface area contributed by atoms with Gasteiger partial charge in [0.05, 0.1) is 12.1 Å². The number of carbonyl (C=O) groups excluding carboxylic acids is 1. The zero-order valence-corrected chi connectivity index (χ0v) is 7.86. The number of ether oxygens (including phenoxy) is 1. The SMILES string of the molecule is COC(=O)c1c(C)oc(C)c1Cl. The average Bonchev–Trinajstić information content (AvgIpc) is 2.26. The van der Waals surface area contributed by atoms with Gasteiger partial charge < -0.3 is 9.15 Å². The van der Waals surface area contributed by atoms with Gasteiger partial charge in [-0.1, -0.05) is 11.6 Å². The van der Waals surface area contributed by atoms with Crippen molar-refractivity contribution in [3.05, 3.63) is 22.1 Å². The maximum Gasteiger partial charge on any atom is 0.342 e. The number of rotatable bonds is 1. The number of aryl methyl sites for hydroxylation is 2. The lowest BCUT2D eigenvalue weighted by atomic mass is 10.2. The summed E-state index contributed by atoms with van der Waals surface area (Å²) in [6, 6.07) is 0. The van der Waals surface area contributed by atoms with Crippen LogP contribution in [-0.4, -0.2) is 13.1 Å². The number of halogens is 1. The van der Waals surface area contributed by atoms with E-state index in [0.717, 1.165) is 0 Å². The molecule has 66 valence electrons. The molecule has 0 atom stereocenters. The molecule has 3 nitrogen and oxygen atoms in total. The summed E-state index contributed by atoms with van der Waals surface area (Å²) in [5, 5.41) is 0.333. The molecular formula is C8H9ClO3. The van der Waals surface area contributed by atoms with Crippen LogP contribution in [0.25, 0.3) is 0 Å². The highest BCUT2D eigenvalue weighted by Gasteiger charge is 2.20. The molecule has 0 amide bonds. The smallest absolute Gasteiger partial charge is 0.342 e. The number of esters is 1. The predicted octanol–water partition coefficient (Wildman–Crippen LogP) is 2.34.